The number of piperazine rings is 1. The van der Waals surface area contributed by atoms with Crippen molar-refractivity contribution >= 4 is 27.5 Å². The number of carbonyl (C=O) groups excluding carboxylic acids is 2. The number of nitrogens with zero attached hydrogens (tertiary/aromatic N) is 2. The zero-order chi connectivity index (χ0) is 22.8. The van der Waals surface area contributed by atoms with Gasteiger partial charge in [0, 0.05) is 18.8 Å². The average Bonchev–Trinajstić information content (AvgIpc) is 2.72. The Balaban J connectivity index is 1.98. The number of aryl methyl sites for hydroxylation is 2. The zero-order valence-corrected chi connectivity index (χ0v) is 19.2. The van der Waals surface area contributed by atoms with Crippen molar-refractivity contribution in [2.45, 2.75) is 39.3 Å². The standard InChI is InChI=1S/C23H29N3O4S/c1-5-19-8-6-7-9-20(19)26-21(27)15-25(31(4,29)30)16-23(26,3)22(28)24-14-18-12-10-17(2)11-13-18/h6-13H,5,14-16H2,1-4H3,(H,24,28)/t23-/m0/s1. The lowest BCUT2D eigenvalue weighted by atomic mass is 9.93. The van der Waals surface area contributed by atoms with Gasteiger partial charge in [0.1, 0.15) is 5.54 Å². The van der Waals surface area contributed by atoms with E-state index in [1.165, 1.54) is 4.90 Å². The smallest absolute Gasteiger partial charge is 0.247 e. The van der Waals surface area contributed by atoms with E-state index in [0.717, 1.165) is 27.3 Å². The van der Waals surface area contributed by atoms with Crippen LogP contribution in [0, 0.1) is 6.92 Å². The number of hydrogen-bond donors (Lipinski definition) is 1. The predicted octanol–water partition coefficient (Wildman–Crippen LogP) is 2.24. The second-order valence-electron chi connectivity index (χ2n) is 8.18. The van der Waals surface area contributed by atoms with Gasteiger partial charge >= 0.3 is 0 Å². The third kappa shape index (κ3) is 4.80. The van der Waals surface area contributed by atoms with Gasteiger partial charge in [-0.2, -0.15) is 4.31 Å². The van der Waals surface area contributed by atoms with Gasteiger partial charge in [0.2, 0.25) is 21.8 Å². The molecule has 1 atom stereocenters. The van der Waals surface area contributed by atoms with Crippen LogP contribution in [0.25, 0.3) is 0 Å². The van der Waals surface area contributed by atoms with Crippen molar-refractivity contribution in [2.24, 2.45) is 0 Å². The fraction of sp³-hybridized carbons (Fsp3) is 0.391. The number of nitrogens with one attached hydrogen (secondary N) is 1. The maximum absolute atomic E-state index is 13.4. The molecule has 3 rings (SSSR count). The Morgan fingerprint density at radius 2 is 1.77 bits per heavy atom. The molecule has 0 spiro atoms. The first-order valence-corrected chi connectivity index (χ1v) is 12.1. The lowest BCUT2D eigenvalue weighted by Gasteiger charge is -2.47. The molecule has 1 fully saturated rings. The zero-order valence-electron chi connectivity index (χ0n) is 18.4. The van der Waals surface area contributed by atoms with Crippen molar-refractivity contribution in [3.63, 3.8) is 0 Å². The molecule has 0 radical (unpaired) electrons. The Hall–Kier alpha value is -2.71. The van der Waals surface area contributed by atoms with E-state index in [1.807, 2.05) is 56.3 Å². The van der Waals surface area contributed by atoms with E-state index in [4.69, 9.17) is 0 Å². The molecule has 0 aliphatic carbocycles. The number of para-hydroxylation sites is 1. The summed E-state index contributed by atoms with van der Waals surface area (Å²) < 4.78 is 25.6. The van der Waals surface area contributed by atoms with Crippen molar-refractivity contribution in [1.29, 1.82) is 0 Å². The Labute approximate surface area is 184 Å². The molecule has 2 amide bonds. The summed E-state index contributed by atoms with van der Waals surface area (Å²) in [6, 6.07) is 15.2. The highest BCUT2D eigenvalue weighted by Crippen LogP contribution is 2.33. The van der Waals surface area contributed by atoms with E-state index in [2.05, 4.69) is 5.32 Å². The summed E-state index contributed by atoms with van der Waals surface area (Å²) in [6.45, 7) is 5.46. The molecule has 8 heteroatoms. The van der Waals surface area contributed by atoms with Crippen LogP contribution in [0.15, 0.2) is 48.5 Å². The molecule has 1 N–H and O–H groups in total. The van der Waals surface area contributed by atoms with Crippen LogP contribution in [0.1, 0.15) is 30.5 Å². The third-order valence-electron chi connectivity index (χ3n) is 5.68. The van der Waals surface area contributed by atoms with E-state index in [-0.39, 0.29) is 19.6 Å². The number of rotatable bonds is 6. The van der Waals surface area contributed by atoms with E-state index in [1.54, 1.807) is 13.0 Å². The van der Waals surface area contributed by atoms with Crippen LogP contribution in [-0.4, -0.2) is 49.4 Å². The second kappa shape index (κ2) is 8.80. The quantitative estimate of drug-likeness (QED) is 0.742. The summed E-state index contributed by atoms with van der Waals surface area (Å²) in [5.41, 5.74) is 2.20. The minimum Gasteiger partial charge on any atom is -0.350 e. The predicted molar refractivity (Wildman–Crippen MR) is 121 cm³/mol. The molecule has 31 heavy (non-hydrogen) atoms. The van der Waals surface area contributed by atoms with E-state index < -0.39 is 27.4 Å². The Bertz CT molecular complexity index is 1080. The molecule has 1 heterocycles. The van der Waals surface area contributed by atoms with Gasteiger partial charge in [-0.05, 0) is 37.5 Å². The molecule has 0 bridgehead atoms. The van der Waals surface area contributed by atoms with Crippen molar-refractivity contribution in [3.8, 4) is 0 Å². The normalized spacial score (nSPS) is 20.0. The van der Waals surface area contributed by atoms with Gasteiger partial charge in [0.15, 0.2) is 0 Å². The summed E-state index contributed by atoms with van der Waals surface area (Å²) in [7, 11) is -3.65. The number of hydrogen-bond acceptors (Lipinski definition) is 4. The molecule has 0 aromatic heterocycles. The number of amides is 2. The Morgan fingerprint density at radius 1 is 1.13 bits per heavy atom. The molecule has 1 saturated heterocycles. The molecule has 0 saturated carbocycles. The molecule has 2 aromatic rings. The van der Waals surface area contributed by atoms with Crippen LogP contribution in [0.3, 0.4) is 0 Å². The van der Waals surface area contributed by atoms with Crippen LogP contribution in [0.5, 0.6) is 0 Å². The van der Waals surface area contributed by atoms with Gasteiger partial charge in [-0.3, -0.25) is 14.5 Å². The fourth-order valence-electron chi connectivity index (χ4n) is 3.88. The molecular formula is C23H29N3O4S. The van der Waals surface area contributed by atoms with Crippen LogP contribution >= 0.6 is 0 Å². The molecule has 2 aromatic carbocycles. The summed E-state index contributed by atoms with van der Waals surface area (Å²) >= 11 is 0. The molecule has 0 unspecified atom stereocenters. The highest BCUT2D eigenvalue weighted by atomic mass is 32.2. The average molecular weight is 444 g/mol. The van der Waals surface area contributed by atoms with Crippen molar-refractivity contribution in [3.05, 3.63) is 65.2 Å². The highest BCUT2D eigenvalue weighted by molar-refractivity contribution is 7.88. The van der Waals surface area contributed by atoms with Crippen LogP contribution in [0.4, 0.5) is 5.69 Å². The van der Waals surface area contributed by atoms with E-state index in [9.17, 15) is 18.0 Å². The van der Waals surface area contributed by atoms with Gasteiger partial charge < -0.3 is 5.32 Å². The highest BCUT2D eigenvalue weighted by Gasteiger charge is 2.50. The fourth-order valence-corrected chi connectivity index (χ4v) is 4.71. The van der Waals surface area contributed by atoms with Gasteiger partial charge in [0.05, 0.1) is 12.8 Å². The maximum atomic E-state index is 13.4. The summed E-state index contributed by atoms with van der Waals surface area (Å²) in [5.74, 6) is -0.828. The lowest BCUT2D eigenvalue weighted by Crippen LogP contribution is -2.70. The summed E-state index contributed by atoms with van der Waals surface area (Å²) in [6.07, 6.45) is 1.73. The van der Waals surface area contributed by atoms with Gasteiger partial charge in [-0.1, -0.05) is 55.0 Å². The first kappa shape index (κ1) is 23.0. The van der Waals surface area contributed by atoms with Gasteiger partial charge in [-0.25, -0.2) is 8.42 Å². The number of carbonyl (C=O) groups is 2. The number of anilines is 1. The number of sulfonamides is 1. The van der Waals surface area contributed by atoms with Crippen molar-refractivity contribution in [2.75, 3.05) is 24.2 Å². The molecule has 166 valence electrons. The van der Waals surface area contributed by atoms with Crippen LogP contribution < -0.4 is 10.2 Å². The molecular weight excluding hydrogens is 414 g/mol. The molecule has 7 nitrogen and oxygen atoms in total. The molecule has 1 aliphatic heterocycles. The lowest BCUT2D eigenvalue weighted by molar-refractivity contribution is -0.133. The maximum Gasteiger partial charge on any atom is 0.247 e. The summed E-state index contributed by atoms with van der Waals surface area (Å²) in [4.78, 5) is 28.1. The second-order valence-corrected chi connectivity index (χ2v) is 10.2. The minimum atomic E-state index is -3.65. The van der Waals surface area contributed by atoms with E-state index in [0.29, 0.717) is 12.1 Å². The topological polar surface area (TPSA) is 86.8 Å². The minimum absolute atomic E-state index is 0.116. The van der Waals surface area contributed by atoms with Crippen LogP contribution in [0.2, 0.25) is 0 Å². The number of benzene rings is 2. The van der Waals surface area contributed by atoms with Gasteiger partial charge in [0.25, 0.3) is 0 Å². The largest absolute Gasteiger partial charge is 0.350 e. The molecule has 1 aliphatic rings. The Kier molecular flexibility index (Phi) is 6.52. The van der Waals surface area contributed by atoms with E-state index >= 15 is 0 Å². The van der Waals surface area contributed by atoms with Crippen LogP contribution in [-0.2, 0) is 32.6 Å². The first-order valence-electron chi connectivity index (χ1n) is 10.3. The first-order chi connectivity index (χ1) is 14.6. The monoisotopic (exact) mass is 443 g/mol. The Morgan fingerprint density at radius 3 is 2.39 bits per heavy atom. The SMILES string of the molecule is CCc1ccccc1N1C(=O)CN(S(C)(=O)=O)C[C@@]1(C)C(=O)NCc1ccc(C)cc1. The van der Waals surface area contributed by atoms with Crippen molar-refractivity contribution < 1.29 is 18.0 Å². The van der Waals surface area contributed by atoms with Gasteiger partial charge in [-0.15, -0.1) is 0 Å². The third-order valence-corrected chi connectivity index (χ3v) is 6.88. The van der Waals surface area contributed by atoms with Crippen molar-refractivity contribution in [1.82, 2.24) is 9.62 Å². The summed E-state index contributed by atoms with van der Waals surface area (Å²) in [5, 5.41) is 2.90.